The molecule has 3 atom stereocenters. The maximum Gasteiger partial charge on any atom is 0.267 e. The second-order valence-corrected chi connectivity index (χ2v) is 28.1. The Balaban J connectivity index is 0.000000137. The van der Waals surface area contributed by atoms with Crippen LogP contribution in [-0.2, 0) is 49.7 Å². The van der Waals surface area contributed by atoms with E-state index < -0.39 is 30.1 Å². The summed E-state index contributed by atoms with van der Waals surface area (Å²) in [5.41, 5.74) is 18.1. The van der Waals surface area contributed by atoms with Gasteiger partial charge in [-0.05, 0) is 134 Å². The van der Waals surface area contributed by atoms with Crippen molar-refractivity contribution in [2.45, 2.75) is 109 Å². The lowest BCUT2D eigenvalue weighted by Gasteiger charge is -2.32. The molecule has 12 N–H and O–H groups in total. The fourth-order valence-corrected chi connectivity index (χ4v) is 15.6. The number of aromatic nitrogens is 6. The van der Waals surface area contributed by atoms with E-state index in [0.717, 1.165) is 87.9 Å². The number of carbonyl (C=O) groups is 3. The zero-order chi connectivity index (χ0) is 61.6. The van der Waals surface area contributed by atoms with Gasteiger partial charge in [0.15, 0.2) is 0 Å². The van der Waals surface area contributed by atoms with E-state index in [9.17, 15) is 39.6 Å². The highest BCUT2D eigenvalue weighted by Gasteiger charge is 2.38. The molecule has 27 heteroatoms. The zero-order valence-electron chi connectivity index (χ0n) is 47.9. The molecule has 2 bridgehead atoms. The largest absolute Gasteiger partial charge is 0.350 e. The summed E-state index contributed by atoms with van der Waals surface area (Å²) in [7, 11) is -10.6. The third kappa shape index (κ3) is 14.7. The summed E-state index contributed by atoms with van der Waals surface area (Å²) >= 11 is 0. The summed E-state index contributed by atoms with van der Waals surface area (Å²) in [5, 5.41) is 14.6. The number of benzene rings is 3. The van der Waals surface area contributed by atoms with Gasteiger partial charge in [-0.25, -0.2) is 30.0 Å². The molecule has 9 heterocycles. The molecule has 3 saturated heterocycles. The number of fused-ring (bicyclic) bond motifs is 5. The number of rotatable bonds is 16. The number of hydrogen-bond donors (Lipinski definition) is 10. The smallest absolute Gasteiger partial charge is 0.267 e. The Hall–Kier alpha value is -8.25. The van der Waals surface area contributed by atoms with E-state index in [-0.39, 0.29) is 57.7 Å². The molecule has 3 unspecified atom stereocenters. The van der Waals surface area contributed by atoms with Gasteiger partial charge in [0.1, 0.15) is 17.1 Å². The molecule has 0 spiro atoms. The van der Waals surface area contributed by atoms with Crippen LogP contribution in [0.3, 0.4) is 0 Å². The van der Waals surface area contributed by atoms with Crippen LogP contribution in [0.2, 0.25) is 0 Å². The van der Waals surface area contributed by atoms with E-state index >= 15 is 0 Å². The van der Waals surface area contributed by atoms with E-state index in [2.05, 4.69) is 55.9 Å². The average Bonchev–Trinajstić information content (AvgIpc) is 2.66. The number of pyridine rings is 3. The van der Waals surface area contributed by atoms with Crippen LogP contribution in [0.5, 0.6) is 0 Å². The molecule has 3 aliphatic heterocycles. The van der Waals surface area contributed by atoms with E-state index in [1.165, 1.54) is 4.31 Å². The minimum atomic E-state index is -3.57. The van der Waals surface area contributed by atoms with Crippen LogP contribution < -0.4 is 37.5 Å². The summed E-state index contributed by atoms with van der Waals surface area (Å²) in [6.45, 7) is 2.74. The second kappa shape index (κ2) is 26.6. The quantitative estimate of drug-likeness (QED) is 0.0617. The number of amides is 3. The lowest BCUT2D eigenvalue weighted by molar-refractivity contribution is 0.0939. The normalized spacial score (nSPS) is 19.8. The minimum Gasteiger partial charge on any atom is -0.350 e. The lowest BCUT2D eigenvalue weighted by atomic mass is 9.93. The first-order valence-electron chi connectivity index (χ1n) is 29.0. The van der Waals surface area contributed by atoms with Crippen molar-refractivity contribution in [3.8, 4) is 0 Å². The Kier molecular flexibility index (Phi) is 18.6. The molecule has 0 radical (unpaired) electrons. The number of sulfonamides is 3. The number of nitrogens with two attached hydrogens (primary N) is 2. The number of piperazine rings is 1. The molecule has 4 aliphatic rings. The Bertz CT molecular complexity index is 4190. The van der Waals surface area contributed by atoms with Gasteiger partial charge in [0, 0.05) is 146 Å². The SMILES string of the molecule is NC1CCC(NS(=O)(=O)c2ccc(CNC(=O)c3cc4cnccc4[nH]3)cc2)CC1.NC1CCN(S(=O)(=O)c2ccc(CNC(=O)c3cc4cnccc4[nH]3)cc2)C1.O=C(NCc1ccc(S(=O)(=O)N2CC3CCC(C2)N3)cc1)c1cc2cnccc2[nH]1. The molecular weight excluding hydrogens is 1180 g/mol. The molecule has 460 valence electrons. The number of H-pyrrole nitrogens is 3. The Morgan fingerprint density at radius 2 is 0.852 bits per heavy atom. The molecule has 6 aromatic heterocycles. The van der Waals surface area contributed by atoms with Gasteiger partial charge in [-0.1, -0.05) is 36.4 Å². The molecule has 3 aromatic carbocycles. The molecule has 13 rings (SSSR count). The number of aromatic amines is 3. The van der Waals surface area contributed by atoms with Crippen LogP contribution in [0.15, 0.2) is 161 Å². The zero-order valence-corrected chi connectivity index (χ0v) is 50.4. The van der Waals surface area contributed by atoms with Gasteiger partial charge in [0.25, 0.3) is 17.7 Å². The first-order chi connectivity index (χ1) is 42.3. The summed E-state index contributed by atoms with van der Waals surface area (Å²) in [5.74, 6) is -0.696. The molecular formula is C61H69N15O9S3. The van der Waals surface area contributed by atoms with Gasteiger partial charge in [-0.2, -0.15) is 8.61 Å². The van der Waals surface area contributed by atoms with Crippen molar-refractivity contribution in [3.63, 3.8) is 0 Å². The maximum absolute atomic E-state index is 13.0. The van der Waals surface area contributed by atoms with Gasteiger partial charge in [0.05, 0.1) is 14.7 Å². The minimum absolute atomic E-state index is 0.0692. The third-order valence-corrected chi connectivity index (χ3v) is 21.4. The van der Waals surface area contributed by atoms with E-state index in [1.54, 1.807) is 145 Å². The second-order valence-electron chi connectivity index (χ2n) is 22.5. The fraction of sp³-hybridized carbons (Fsp3) is 0.311. The highest BCUT2D eigenvalue weighted by molar-refractivity contribution is 7.89. The first-order valence-corrected chi connectivity index (χ1v) is 33.4. The van der Waals surface area contributed by atoms with Crippen molar-refractivity contribution >= 4 is 80.5 Å². The summed E-state index contributed by atoms with van der Waals surface area (Å²) in [6, 6.07) is 31.0. The predicted molar refractivity (Wildman–Crippen MR) is 332 cm³/mol. The van der Waals surface area contributed by atoms with Crippen LogP contribution in [0.25, 0.3) is 32.7 Å². The summed E-state index contributed by atoms with van der Waals surface area (Å²) < 4.78 is 82.2. The van der Waals surface area contributed by atoms with Gasteiger partial charge < -0.3 is 47.7 Å². The Labute approximate surface area is 509 Å². The molecule has 1 aliphatic carbocycles. The standard InChI is InChI=1S/C21H23N5O3S.C21H25N5O3S.C19H21N5O3S/c27-21(20-9-15-11-22-8-7-19(15)25-20)23-10-14-1-5-18(6-2-14)30(28,29)26-12-16-3-4-17(13-26)24-16;22-16-3-5-17(6-4-16)26-30(28,29)18-7-1-14(2-8-18)12-24-21(27)20-11-15-13-23-10-9-19(15)25-20;20-15-6-8-24(12-15)28(26,27)16-3-1-13(2-4-16)10-22-19(25)18-9-14-11-21-7-5-17(14)23-18/h1-2,5-9,11,16-17,24-25H,3-4,10,12-13H2,(H,23,27);1-2,7-11,13,16-17,25-26H,3-6,12,22H2,(H,24,27);1-5,7,9,11,15,23H,6,8,10,12,20H2,(H,22,25). The predicted octanol–water partition coefficient (Wildman–Crippen LogP) is 4.87. The Morgan fingerprint density at radius 3 is 1.23 bits per heavy atom. The van der Waals surface area contributed by atoms with Crippen molar-refractivity contribution in [2.75, 3.05) is 26.2 Å². The highest BCUT2D eigenvalue weighted by atomic mass is 32.2. The molecule has 3 amide bonds. The van der Waals surface area contributed by atoms with Crippen molar-refractivity contribution < 1.29 is 39.6 Å². The number of hydrogen-bond acceptors (Lipinski definition) is 15. The molecule has 1 saturated carbocycles. The van der Waals surface area contributed by atoms with Gasteiger partial charge >= 0.3 is 0 Å². The molecule has 24 nitrogen and oxygen atoms in total. The average molecular weight is 1250 g/mol. The Morgan fingerprint density at radius 1 is 0.466 bits per heavy atom. The molecule has 9 aromatic rings. The van der Waals surface area contributed by atoms with Crippen LogP contribution >= 0.6 is 0 Å². The number of carbonyl (C=O) groups excluding carboxylic acids is 3. The molecule has 4 fully saturated rings. The van der Waals surface area contributed by atoms with Crippen molar-refractivity contribution in [2.24, 2.45) is 11.5 Å². The highest BCUT2D eigenvalue weighted by Crippen LogP contribution is 2.27. The van der Waals surface area contributed by atoms with Crippen molar-refractivity contribution in [1.82, 2.24) is 64.5 Å². The van der Waals surface area contributed by atoms with Crippen molar-refractivity contribution in [1.29, 1.82) is 0 Å². The summed E-state index contributed by atoms with van der Waals surface area (Å²) in [4.78, 5) is 59.2. The fourth-order valence-electron chi connectivity index (χ4n) is 11.2. The first kappa shape index (κ1) is 61.4. The monoisotopic (exact) mass is 1250 g/mol. The maximum atomic E-state index is 13.0. The summed E-state index contributed by atoms with van der Waals surface area (Å²) in [6.07, 6.45) is 16.0. The van der Waals surface area contributed by atoms with E-state index in [4.69, 9.17) is 11.5 Å². The van der Waals surface area contributed by atoms with E-state index in [1.807, 2.05) is 6.07 Å². The number of nitrogens with one attached hydrogen (secondary N) is 8. The van der Waals surface area contributed by atoms with Crippen LogP contribution in [0.1, 0.15) is 93.1 Å². The topological polar surface area (TPSA) is 358 Å². The lowest BCUT2D eigenvalue weighted by Crippen LogP contribution is -2.52. The van der Waals surface area contributed by atoms with Gasteiger partial charge in [-0.15, -0.1) is 0 Å². The van der Waals surface area contributed by atoms with E-state index in [0.29, 0.717) is 74.2 Å². The van der Waals surface area contributed by atoms with Gasteiger partial charge in [0.2, 0.25) is 30.1 Å². The van der Waals surface area contributed by atoms with Gasteiger partial charge in [-0.3, -0.25) is 29.3 Å². The van der Waals surface area contributed by atoms with Crippen LogP contribution in [0, 0.1) is 0 Å². The van der Waals surface area contributed by atoms with Crippen LogP contribution in [-0.4, -0.2) is 138 Å². The third-order valence-electron chi connectivity index (χ3n) is 16.2. The van der Waals surface area contributed by atoms with Crippen LogP contribution in [0.4, 0.5) is 0 Å². The number of nitrogens with zero attached hydrogens (tertiary/aromatic N) is 5. The molecule has 88 heavy (non-hydrogen) atoms. The van der Waals surface area contributed by atoms with Crippen molar-refractivity contribution in [3.05, 3.63) is 180 Å².